The van der Waals surface area contributed by atoms with Crippen molar-refractivity contribution in [3.63, 3.8) is 0 Å². The van der Waals surface area contributed by atoms with Crippen molar-refractivity contribution >= 4 is 5.78 Å². The lowest BCUT2D eigenvalue weighted by atomic mass is 9.78. The molecule has 0 aromatic carbocycles. The molecule has 0 aromatic heterocycles. The first-order valence-corrected chi connectivity index (χ1v) is 4.28. The Morgan fingerprint density at radius 1 is 1.60 bits per heavy atom. The Balaban J connectivity index is 2.53. The van der Waals surface area contributed by atoms with Gasteiger partial charge >= 0.3 is 0 Å². The van der Waals surface area contributed by atoms with Crippen LogP contribution in [0.25, 0.3) is 0 Å². The van der Waals surface area contributed by atoms with Crippen molar-refractivity contribution in [1.29, 1.82) is 0 Å². The molecule has 1 aliphatic rings. The summed E-state index contributed by atoms with van der Waals surface area (Å²) in [5.74, 6) is 1.53. The average Bonchev–Trinajstić information content (AvgIpc) is 1.88. The van der Waals surface area contributed by atoms with E-state index in [4.69, 9.17) is 0 Å². The van der Waals surface area contributed by atoms with Crippen LogP contribution in [0.15, 0.2) is 0 Å². The fraction of sp³-hybridized carbons (Fsp3) is 0.889. The van der Waals surface area contributed by atoms with Crippen LogP contribution in [-0.2, 0) is 4.79 Å². The smallest absolute Gasteiger partial charge is 0.136 e. The number of Topliss-reactive ketones (excluding diaryl/α,β-unsaturated/α-hetero) is 1. The van der Waals surface area contributed by atoms with Gasteiger partial charge in [-0.25, -0.2) is 0 Å². The van der Waals surface area contributed by atoms with Crippen molar-refractivity contribution in [2.75, 3.05) is 0 Å². The Labute approximate surface area is 62.8 Å². The first kappa shape index (κ1) is 7.77. The molecule has 2 atom stereocenters. The van der Waals surface area contributed by atoms with E-state index >= 15 is 0 Å². The van der Waals surface area contributed by atoms with Crippen LogP contribution in [0.4, 0.5) is 0 Å². The molecule has 1 aliphatic carbocycles. The quantitative estimate of drug-likeness (QED) is 0.546. The lowest BCUT2D eigenvalue weighted by molar-refractivity contribution is -0.126. The zero-order valence-corrected chi connectivity index (χ0v) is 6.89. The van der Waals surface area contributed by atoms with Crippen molar-refractivity contribution < 1.29 is 4.79 Å². The van der Waals surface area contributed by atoms with E-state index in [1.807, 2.05) is 0 Å². The third-order valence-electron chi connectivity index (χ3n) is 2.62. The largest absolute Gasteiger partial charge is 0.299 e. The predicted molar refractivity (Wildman–Crippen MR) is 41.8 cm³/mol. The molecule has 1 nitrogen and oxygen atoms in total. The molecular weight excluding hydrogens is 124 g/mol. The van der Waals surface area contributed by atoms with Crippen LogP contribution in [0, 0.1) is 11.8 Å². The van der Waals surface area contributed by atoms with E-state index in [-0.39, 0.29) is 0 Å². The fourth-order valence-corrected chi connectivity index (χ4v) is 1.93. The molecule has 0 amide bonds. The second kappa shape index (κ2) is 3.18. The molecule has 0 radical (unpaired) electrons. The van der Waals surface area contributed by atoms with Crippen molar-refractivity contribution in [2.45, 2.75) is 39.5 Å². The number of carbonyl (C=O) groups is 1. The molecule has 0 unspecified atom stereocenters. The van der Waals surface area contributed by atoms with Gasteiger partial charge in [0.1, 0.15) is 5.78 Å². The van der Waals surface area contributed by atoms with E-state index in [0.717, 1.165) is 19.3 Å². The fourth-order valence-electron chi connectivity index (χ4n) is 1.93. The molecule has 10 heavy (non-hydrogen) atoms. The molecule has 0 heterocycles. The summed E-state index contributed by atoms with van der Waals surface area (Å²) >= 11 is 0. The minimum Gasteiger partial charge on any atom is -0.299 e. The van der Waals surface area contributed by atoms with E-state index in [9.17, 15) is 4.79 Å². The Morgan fingerprint density at radius 2 is 2.30 bits per heavy atom. The zero-order valence-electron chi connectivity index (χ0n) is 6.89. The van der Waals surface area contributed by atoms with Crippen molar-refractivity contribution in [1.82, 2.24) is 0 Å². The molecule has 1 rings (SSSR count). The number of rotatable bonds is 1. The monoisotopic (exact) mass is 140 g/mol. The maximum atomic E-state index is 11.2. The summed E-state index contributed by atoms with van der Waals surface area (Å²) in [6.45, 7) is 4.32. The van der Waals surface area contributed by atoms with Crippen LogP contribution in [0.1, 0.15) is 39.5 Å². The summed E-state index contributed by atoms with van der Waals surface area (Å²) in [7, 11) is 0. The molecule has 1 saturated carbocycles. The van der Waals surface area contributed by atoms with Gasteiger partial charge in [0, 0.05) is 12.3 Å². The predicted octanol–water partition coefficient (Wildman–Crippen LogP) is 2.40. The summed E-state index contributed by atoms with van der Waals surface area (Å²) in [6, 6.07) is 0. The Morgan fingerprint density at radius 3 is 2.70 bits per heavy atom. The van der Waals surface area contributed by atoms with Gasteiger partial charge in [-0.1, -0.05) is 13.8 Å². The first-order chi connectivity index (χ1) is 4.75. The summed E-state index contributed by atoms with van der Waals surface area (Å²) in [4.78, 5) is 11.2. The van der Waals surface area contributed by atoms with Crippen LogP contribution in [0.5, 0.6) is 0 Å². The van der Waals surface area contributed by atoms with Crippen molar-refractivity contribution in [3.8, 4) is 0 Å². The van der Waals surface area contributed by atoms with E-state index in [2.05, 4.69) is 13.8 Å². The number of hydrogen-bond acceptors (Lipinski definition) is 1. The standard InChI is InChI=1S/C9H16O/c1-3-8-7(2)5-4-6-9(8)10/h7-8H,3-6H2,1-2H3/t7-,8-/m0/s1. The van der Waals surface area contributed by atoms with Crippen LogP contribution in [0.2, 0.25) is 0 Å². The normalized spacial score (nSPS) is 34.4. The van der Waals surface area contributed by atoms with Gasteiger partial charge in [-0.05, 0) is 25.2 Å². The van der Waals surface area contributed by atoms with Gasteiger partial charge in [0.05, 0.1) is 0 Å². The van der Waals surface area contributed by atoms with Gasteiger partial charge < -0.3 is 0 Å². The molecule has 0 spiro atoms. The van der Waals surface area contributed by atoms with Crippen molar-refractivity contribution in [3.05, 3.63) is 0 Å². The maximum absolute atomic E-state index is 11.2. The van der Waals surface area contributed by atoms with Crippen LogP contribution in [-0.4, -0.2) is 5.78 Å². The molecule has 0 bridgehead atoms. The molecule has 0 saturated heterocycles. The highest BCUT2D eigenvalue weighted by Crippen LogP contribution is 2.28. The summed E-state index contributed by atoms with van der Waals surface area (Å²) in [6.07, 6.45) is 4.25. The minimum absolute atomic E-state index is 0.383. The van der Waals surface area contributed by atoms with Crippen molar-refractivity contribution in [2.24, 2.45) is 11.8 Å². The van der Waals surface area contributed by atoms with E-state index in [0.29, 0.717) is 17.6 Å². The summed E-state index contributed by atoms with van der Waals surface area (Å²) in [5, 5.41) is 0. The third kappa shape index (κ3) is 1.39. The molecule has 0 aliphatic heterocycles. The third-order valence-corrected chi connectivity index (χ3v) is 2.62. The zero-order chi connectivity index (χ0) is 7.56. The van der Waals surface area contributed by atoms with Crippen LogP contribution < -0.4 is 0 Å². The van der Waals surface area contributed by atoms with Gasteiger partial charge in [0.25, 0.3) is 0 Å². The van der Waals surface area contributed by atoms with E-state index in [1.54, 1.807) is 0 Å². The first-order valence-electron chi connectivity index (χ1n) is 4.28. The van der Waals surface area contributed by atoms with E-state index < -0.39 is 0 Å². The molecule has 1 heteroatoms. The highest BCUT2D eigenvalue weighted by molar-refractivity contribution is 5.81. The molecule has 0 aromatic rings. The highest BCUT2D eigenvalue weighted by atomic mass is 16.1. The topological polar surface area (TPSA) is 17.1 Å². The second-order valence-corrected chi connectivity index (χ2v) is 3.35. The van der Waals surface area contributed by atoms with Gasteiger partial charge in [-0.3, -0.25) is 4.79 Å². The van der Waals surface area contributed by atoms with E-state index in [1.165, 1.54) is 6.42 Å². The SMILES string of the molecule is CC[C@@H]1C(=O)CCC[C@@H]1C. The minimum atomic E-state index is 0.383. The van der Waals surface area contributed by atoms with Gasteiger partial charge in [-0.2, -0.15) is 0 Å². The number of ketones is 1. The van der Waals surface area contributed by atoms with Gasteiger partial charge in [0.2, 0.25) is 0 Å². The molecular formula is C9H16O. The number of hydrogen-bond donors (Lipinski definition) is 0. The lowest BCUT2D eigenvalue weighted by Gasteiger charge is -2.25. The maximum Gasteiger partial charge on any atom is 0.136 e. The molecule has 0 N–H and O–H groups in total. The number of carbonyl (C=O) groups excluding carboxylic acids is 1. The molecule has 58 valence electrons. The van der Waals surface area contributed by atoms with Crippen LogP contribution >= 0.6 is 0 Å². The Kier molecular flexibility index (Phi) is 2.47. The average molecular weight is 140 g/mol. The molecule has 1 fully saturated rings. The Hall–Kier alpha value is -0.330. The van der Waals surface area contributed by atoms with Gasteiger partial charge in [0.15, 0.2) is 0 Å². The lowest BCUT2D eigenvalue weighted by Crippen LogP contribution is -2.25. The highest BCUT2D eigenvalue weighted by Gasteiger charge is 2.26. The van der Waals surface area contributed by atoms with Gasteiger partial charge in [-0.15, -0.1) is 0 Å². The second-order valence-electron chi connectivity index (χ2n) is 3.35. The summed E-state index contributed by atoms with van der Waals surface area (Å²) < 4.78 is 0. The van der Waals surface area contributed by atoms with Crippen LogP contribution in [0.3, 0.4) is 0 Å². The summed E-state index contributed by atoms with van der Waals surface area (Å²) in [5.41, 5.74) is 0. The Bertz CT molecular complexity index is 129.